The minimum absolute atomic E-state index is 0.176. The van der Waals surface area contributed by atoms with Gasteiger partial charge in [0.25, 0.3) is 5.91 Å². The average molecular weight is 350 g/mol. The first-order valence-corrected chi connectivity index (χ1v) is 9.35. The van der Waals surface area contributed by atoms with Crippen molar-refractivity contribution in [2.75, 3.05) is 31.1 Å². The Bertz CT molecular complexity index is 829. The molecular formula is C21H26N4O. The molecule has 2 fully saturated rings. The number of amides is 1. The van der Waals surface area contributed by atoms with Gasteiger partial charge in [-0.25, -0.2) is 9.97 Å². The van der Waals surface area contributed by atoms with Crippen molar-refractivity contribution in [2.24, 2.45) is 11.8 Å². The van der Waals surface area contributed by atoms with Crippen LogP contribution in [0.4, 0.5) is 5.95 Å². The van der Waals surface area contributed by atoms with Crippen LogP contribution >= 0.6 is 0 Å². The molecule has 136 valence electrons. The van der Waals surface area contributed by atoms with E-state index < -0.39 is 0 Å². The molecule has 26 heavy (non-hydrogen) atoms. The first-order valence-electron chi connectivity index (χ1n) is 9.35. The molecule has 0 radical (unpaired) electrons. The fraction of sp³-hybridized carbons (Fsp3) is 0.476. The van der Waals surface area contributed by atoms with E-state index in [0.29, 0.717) is 11.8 Å². The molecule has 5 nitrogen and oxygen atoms in total. The highest BCUT2D eigenvalue weighted by molar-refractivity contribution is 5.96. The van der Waals surface area contributed by atoms with E-state index in [1.165, 1.54) is 5.56 Å². The maximum Gasteiger partial charge on any atom is 0.254 e. The third kappa shape index (κ3) is 2.96. The van der Waals surface area contributed by atoms with E-state index in [1.54, 1.807) is 0 Å². The van der Waals surface area contributed by atoms with Gasteiger partial charge in [-0.15, -0.1) is 0 Å². The van der Waals surface area contributed by atoms with Crippen LogP contribution in [0.15, 0.2) is 24.3 Å². The van der Waals surface area contributed by atoms with Crippen LogP contribution in [0, 0.1) is 39.5 Å². The first-order chi connectivity index (χ1) is 12.4. The van der Waals surface area contributed by atoms with Gasteiger partial charge >= 0.3 is 0 Å². The van der Waals surface area contributed by atoms with Crippen LogP contribution in [-0.2, 0) is 0 Å². The van der Waals surface area contributed by atoms with Gasteiger partial charge in [0, 0.05) is 55.0 Å². The fourth-order valence-electron chi connectivity index (χ4n) is 4.32. The SMILES string of the molecule is Cc1cc(C)nc(N2CC3CN(C(=O)c4cccc(C)c4C)CC3C2)n1. The molecule has 0 saturated carbocycles. The molecule has 0 spiro atoms. The maximum atomic E-state index is 13.0. The lowest BCUT2D eigenvalue weighted by Gasteiger charge is -2.23. The summed E-state index contributed by atoms with van der Waals surface area (Å²) in [6.45, 7) is 11.7. The molecule has 0 bridgehead atoms. The Kier molecular flexibility index (Phi) is 4.17. The Labute approximate surface area is 155 Å². The molecule has 1 aromatic carbocycles. The normalized spacial score (nSPS) is 22.0. The molecule has 2 saturated heterocycles. The van der Waals surface area contributed by atoms with Crippen molar-refractivity contribution in [1.82, 2.24) is 14.9 Å². The Balaban J connectivity index is 1.46. The van der Waals surface area contributed by atoms with Gasteiger partial charge in [0.1, 0.15) is 0 Å². The molecule has 0 aliphatic carbocycles. The second-order valence-corrected chi connectivity index (χ2v) is 7.83. The molecule has 3 heterocycles. The molecular weight excluding hydrogens is 324 g/mol. The number of likely N-dealkylation sites (tertiary alicyclic amines) is 1. The minimum atomic E-state index is 0.176. The number of fused-ring (bicyclic) bond motifs is 1. The summed E-state index contributed by atoms with van der Waals surface area (Å²) in [5.74, 6) is 2.03. The lowest BCUT2D eigenvalue weighted by atomic mass is 10.0. The van der Waals surface area contributed by atoms with Crippen molar-refractivity contribution in [1.29, 1.82) is 0 Å². The topological polar surface area (TPSA) is 49.3 Å². The summed E-state index contributed by atoms with van der Waals surface area (Å²) < 4.78 is 0. The van der Waals surface area contributed by atoms with Crippen molar-refractivity contribution in [3.63, 3.8) is 0 Å². The number of hydrogen-bond acceptors (Lipinski definition) is 4. The highest BCUT2D eigenvalue weighted by atomic mass is 16.2. The molecule has 2 aliphatic rings. The first kappa shape index (κ1) is 17.0. The highest BCUT2D eigenvalue weighted by Gasteiger charge is 2.42. The van der Waals surface area contributed by atoms with Gasteiger partial charge in [-0.05, 0) is 51.0 Å². The van der Waals surface area contributed by atoms with Crippen molar-refractivity contribution in [2.45, 2.75) is 27.7 Å². The highest BCUT2D eigenvalue weighted by Crippen LogP contribution is 2.34. The molecule has 4 rings (SSSR count). The lowest BCUT2D eigenvalue weighted by Crippen LogP contribution is -2.34. The van der Waals surface area contributed by atoms with Crippen LogP contribution < -0.4 is 4.90 Å². The summed E-state index contributed by atoms with van der Waals surface area (Å²) in [5, 5.41) is 0. The smallest absolute Gasteiger partial charge is 0.254 e. The predicted octanol–water partition coefficient (Wildman–Crippen LogP) is 2.92. The Morgan fingerprint density at radius 1 is 0.962 bits per heavy atom. The quantitative estimate of drug-likeness (QED) is 0.836. The van der Waals surface area contributed by atoms with Crippen molar-refractivity contribution in [3.05, 3.63) is 52.3 Å². The number of rotatable bonds is 2. The Morgan fingerprint density at radius 3 is 2.19 bits per heavy atom. The van der Waals surface area contributed by atoms with Crippen molar-refractivity contribution in [3.8, 4) is 0 Å². The average Bonchev–Trinajstić information content (AvgIpc) is 3.15. The number of hydrogen-bond donors (Lipinski definition) is 0. The number of aryl methyl sites for hydroxylation is 3. The summed E-state index contributed by atoms with van der Waals surface area (Å²) in [7, 11) is 0. The Morgan fingerprint density at radius 2 is 1.58 bits per heavy atom. The summed E-state index contributed by atoms with van der Waals surface area (Å²) >= 11 is 0. The number of nitrogens with zero attached hydrogens (tertiary/aromatic N) is 4. The monoisotopic (exact) mass is 350 g/mol. The molecule has 5 heteroatoms. The van der Waals surface area contributed by atoms with E-state index in [0.717, 1.165) is 54.6 Å². The van der Waals surface area contributed by atoms with Crippen LogP contribution in [0.3, 0.4) is 0 Å². The van der Waals surface area contributed by atoms with E-state index in [-0.39, 0.29) is 5.91 Å². The summed E-state index contributed by atoms with van der Waals surface area (Å²) in [6, 6.07) is 8.00. The predicted molar refractivity (Wildman–Crippen MR) is 103 cm³/mol. The molecule has 2 aromatic rings. The van der Waals surface area contributed by atoms with Gasteiger partial charge in [-0.3, -0.25) is 4.79 Å². The van der Waals surface area contributed by atoms with E-state index in [1.807, 2.05) is 43.9 Å². The molecule has 1 amide bonds. The molecule has 0 N–H and O–H groups in total. The second kappa shape index (κ2) is 6.38. The van der Waals surface area contributed by atoms with Crippen molar-refractivity contribution < 1.29 is 4.79 Å². The van der Waals surface area contributed by atoms with Gasteiger partial charge in [0.15, 0.2) is 0 Å². The third-order valence-electron chi connectivity index (χ3n) is 5.86. The number of carbonyl (C=O) groups excluding carboxylic acids is 1. The number of carbonyl (C=O) groups is 1. The van der Waals surface area contributed by atoms with E-state index in [4.69, 9.17) is 0 Å². The van der Waals surface area contributed by atoms with Gasteiger partial charge < -0.3 is 9.80 Å². The lowest BCUT2D eigenvalue weighted by molar-refractivity contribution is 0.0781. The summed E-state index contributed by atoms with van der Waals surface area (Å²) in [5.41, 5.74) is 5.14. The molecule has 2 unspecified atom stereocenters. The van der Waals surface area contributed by atoms with Crippen molar-refractivity contribution >= 4 is 11.9 Å². The van der Waals surface area contributed by atoms with Crippen LogP contribution in [0.25, 0.3) is 0 Å². The number of benzene rings is 1. The fourth-order valence-corrected chi connectivity index (χ4v) is 4.32. The van der Waals surface area contributed by atoms with E-state index in [2.05, 4.69) is 27.9 Å². The zero-order chi connectivity index (χ0) is 18.4. The van der Waals surface area contributed by atoms with Gasteiger partial charge in [-0.2, -0.15) is 0 Å². The number of aromatic nitrogens is 2. The van der Waals surface area contributed by atoms with Crippen LogP contribution in [0.5, 0.6) is 0 Å². The zero-order valence-electron chi connectivity index (χ0n) is 16.0. The minimum Gasteiger partial charge on any atom is -0.340 e. The van der Waals surface area contributed by atoms with Crippen LogP contribution in [0.1, 0.15) is 32.9 Å². The molecule has 1 aromatic heterocycles. The Hall–Kier alpha value is -2.43. The zero-order valence-corrected chi connectivity index (χ0v) is 16.0. The van der Waals surface area contributed by atoms with Crippen LogP contribution in [-0.4, -0.2) is 47.0 Å². The van der Waals surface area contributed by atoms with E-state index in [9.17, 15) is 4.79 Å². The second-order valence-electron chi connectivity index (χ2n) is 7.83. The summed E-state index contributed by atoms with van der Waals surface area (Å²) in [4.78, 5) is 26.5. The van der Waals surface area contributed by atoms with Gasteiger partial charge in [0.2, 0.25) is 5.95 Å². The molecule has 2 atom stereocenters. The van der Waals surface area contributed by atoms with Gasteiger partial charge in [0.05, 0.1) is 0 Å². The third-order valence-corrected chi connectivity index (χ3v) is 5.86. The van der Waals surface area contributed by atoms with Gasteiger partial charge in [-0.1, -0.05) is 12.1 Å². The number of anilines is 1. The molecule has 2 aliphatic heterocycles. The van der Waals surface area contributed by atoms with E-state index >= 15 is 0 Å². The largest absolute Gasteiger partial charge is 0.340 e. The maximum absolute atomic E-state index is 13.0. The standard InChI is InChI=1S/C21H26N4O/c1-13-6-5-7-19(16(13)4)20(26)24-9-17-11-25(12-18(17)10-24)21-22-14(2)8-15(3)23-21/h5-8,17-18H,9-12H2,1-4H3. The van der Waals surface area contributed by atoms with Crippen LogP contribution in [0.2, 0.25) is 0 Å². The summed E-state index contributed by atoms with van der Waals surface area (Å²) in [6.07, 6.45) is 0.